The van der Waals surface area contributed by atoms with Gasteiger partial charge in [-0.2, -0.15) is 0 Å². The third-order valence-corrected chi connectivity index (χ3v) is 4.02. The van der Waals surface area contributed by atoms with E-state index in [1.54, 1.807) is 25.3 Å². The number of methoxy groups -OCH3 is 1. The van der Waals surface area contributed by atoms with Gasteiger partial charge < -0.3 is 14.6 Å². The molecule has 5 heteroatoms. The lowest BCUT2D eigenvalue weighted by Crippen LogP contribution is -2.30. The smallest absolute Gasteiger partial charge is 0.339 e. The molecule has 0 radical (unpaired) electrons. The molecule has 0 heterocycles. The summed E-state index contributed by atoms with van der Waals surface area (Å²) in [6, 6.07) is 5.04. The first-order valence-electron chi connectivity index (χ1n) is 6.33. The number of para-hydroxylation sites is 1. The van der Waals surface area contributed by atoms with Crippen molar-refractivity contribution >= 4 is 21.9 Å². The largest absolute Gasteiger partial charge is 0.488 e. The maximum Gasteiger partial charge on any atom is 0.339 e. The van der Waals surface area contributed by atoms with E-state index in [0.717, 1.165) is 25.7 Å². The van der Waals surface area contributed by atoms with Gasteiger partial charge >= 0.3 is 5.97 Å². The first-order valence-corrected chi connectivity index (χ1v) is 7.12. The molecule has 4 nitrogen and oxygen atoms in total. The van der Waals surface area contributed by atoms with E-state index >= 15 is 0 Å². The molecular formula is C14H17BrO4. The van der Waals surface area contributed by atoms with E-state index in [-0.39, 0.29) is 17.8 Å². The van der Waals surface area contributed by atoms with Crippen molar-refractivity contribution in [3.05, 3.63) is 28.2 Å². The zero-order valence-corrected chi connectivity index (χ0v) is 12.4. The van der Waals surface area contributed by atoms with Crippen LogP contribution in [0.2, 0.25) is 0 Å². The van der Waals surface area contributed by atoms with Crippen molar-refractivity contribution in [2.45, 2.75) is 37.9 Å². The summed E-state index contributed by atoms with van der Waals surface area (Å²) in [5, 5.41) is 9.19. The van der Waals surface area contributed by atoms with Crippen LogP contribution in [-0.4, -0.2) is 30.4 Å². The number of halogens is 1. The van der Waals surface area contributed by atoms with Gasteiger partial charge in [-0.05, 0) is 47.3 Å². The maximum atomic E-state index is 11.2. The summed E-state index contributed by atoms with van der Waals surface area (Å²) in [6.07, 6.45) is 4.02. The van der Waals surface area contributed by atoms with Gasteiger partial charge in [0.1, 0.15) is 17.4 Å². The van der Waals surface area contributed by atoms with Crippen molar-refractivity contribution in [1.29, 1.82) is 0 Å². The molecule has 0 amide bonds. The Morgan fingerprint density at radius 3 is 2.79 bits per heavy atom. The summed E-state index contributed by atoms with van der Waals surface area (Å²) < 4.78 is 11.9. The molecule has 0 aromatic heterocycles. The molecule has 2 atom stereocenters. The van der Waals surface area contributed by atoms with Crippen LogP contribution >= 0.6 is 15.9 Å². The highest BCUT2D eigenvalue weighted by Gasteiger charge is 2.25. The normalized spacial score (nSPS) is 23.1. The fourth-order valence-corrected chi connectivity index (χ4v) is 2.85. The lowest BCUT2D eigenvalue weighted by atomic mass is 9.95. The van der Waals surface area contributed by atoms with Crippen molar-refractivity contribution in [2.75, 3.05) is 7.11 Å². The first kappa shape index (κ1) is 14.3. The number of carbonyl (C=O) groups is 1. The number of hydrogen-bond donors (Lipinski definition) is 1. The van der Waals surface area contributed by atoms with Crippen molar-refractivity contribution in [3.8, 4) is 5.75 Å². The molecule has 0 aliphatic heterocycles. The van der Waals surface area contributed by atoms with Crippen LogP contribution in [0, 0.1) is 0 Å². The molecular weight excluding hydrogens is 312 g/mol. The highest BCUT2D eigenvalue weighted by atomic mass is 79.9. The van der Waals surface area contributed by atoms with Crippen molar-refractivity contribution in [3.63, 3.8) is 0 Å². The number of benzene rings is 1. The lowest BCUT2D eigenvalue weighted by Gasteiger charge is -2.29. The molecule has 1 N–H and O–H groups in total. The second kappa shape index (κ2) is 6.39. The van der Waals surface area contributed by atoms with E-state index in [1.165, 1.54) is 0 Å². The molecule has 1 aliphatic rings. The van der Waals surface area contributed by atoms with Crippen LogP contribution in [0.15, 0.2) is 22.7 Å². The van der Waals surface area contributed by atoms with E-state index in [2.05, 4.69) is 15.9 Å². The molecule has 1 aromatic rings. The van der Waals surface area contributed by atoms with Gasteiger partial charge in [-0.15, -0.1) is 0 Å². The Morgan fingerprint density at radius 2 is 2.11 bits per heavy atom. The highest BCUT2D eigenvalue weighted by Crippen LogP contribution is 2.33. The van der Waals surface area contributed by atoms with Crippen LogP contribution < -0.4 is 4.74 Å². The van der Waals surface area contributed by atoms with Gasteiger partial charge in [-0.25, -0.2) is 4.79 Å². The molecule has 0 spiro atoms. The predicted molar refractivity (Wildman–Crippen MR) is 74.8 cm³/mol. The molecule has 1 aromatic carbocycles. The molecule has 2 unspecified atom stereocenters. The fourth-order valence-electron chi connectivity index (χ4n) is 2.39. The topological polar surface area (TPSA) is 55.8 Å². The number of carboxylic acids is 1. The Bertz CT molecular complexity index is 461. The highest BCUT2D eigenvalue weighted by molar-refractivity contribution is 9.10. The molecule has 0 saturated heterocycles. The van der Waals surface area contributed by atoms with Crippen LogP contribution in [0.1, 0.15) is 36.0 Å². The first-order chi connectivity index (χ1) is 9.11. The average molecular weight is 329 g/mol. The van der Waals surface area contributed by atoms with Crippen molar-refractivity contribution in [1.82, 2.24) is 0 Å². The fraction of sp³-hybridized carbons (Fsp3) is 0.500. The quantitative estimate of drug-likeness (QED) is 0.919. The zero-order chi connectivity index (χ0) is 13.8. The third kappa shape index (κ3) is 3.48. The van der Waals surface area contributed by atoms with E-state index < -0.39 is 5.97 Å². The number of carboxylic acid groups (broad SMARTS) is 1. The molecule has 1 aliphatic carbocycles. The number of ether oxygens (including phenoxy) is 2. The SMILES string of the molecule is COC1CCCC(Oc2c(Br)cccc2C(=O)O)C1. The van der Waals surface area contributed by atoms with Gasteiger partial charge in [0.25, 0.3) is 0 Å². The lowest BCUT2D eigenvalue weighted by molar-refractivity contribution is 0.0202. The van der Waals surface area contributed by atoms with Crippen LogP contribution in [-0.2, 0) is 4.74 Å². The summed E-state index contributed by atoms with van der Waals surface area (Å²) in [7, 11) is 1.70. The van der Waals surface area contributed by atoms with Gasteiger partial charge in [-0.3, -0.25) is 0 Å². The van der Waals surface area contributed by atoms with Crippen molar-refractivity contribution < 1.29 is 19.4 Å². The third-order valence-electron chi connectivity index (χ3n) is 3.39. The second-order valence-electron chi connectivity index (χ2n) is 4.69. The van der Waals surface area contributed by atoms with Gasteiger partial charge in [0.15, 0.2) is 0 Å². The molecule has 19 heavy (non-hydrogen) atoms. The Hall–Kier alpha value is -1.07. The summed E-state index contributed by atoms with van der Waals surface area (Å²) in [5.74, 6) is -0.563. The zero-order valence-electron chi connectivity index (χ0n) is 10.8. The molecule has 2 rings (SSSR count). The van der Waals surface area contributed by atoms with E-state index in [4.69, 9.17) is 9.47 Å². The summed E-state index contributed by atoms with van der Waals surface area (Å²) >= 11 is 3.35. The standard InChI is InChI=1S/C14H17BrO4/c1-18-9-4-2-5-10(8-9)19-13-11(14(16)17)6-3-7-12(13)15/h3,6-7,9-10H,2,4-5,8H2,1H3,(H,16,17). The van der Waals surface area contributed by atoms with Crippen molar-refractivity contribution in [2.24, 2.45) is 0 Å². The second-order valence-corrected chi connectivity index (χ2v) is 5.54. The minimum atomic E-state index is -0.976. The van der Waals surface area contributed by atoms with Gasteiger partial charge in [-0.1, -0.05) is 6.07 Å². The maximum absolute atomic E-state index is 11.2. The Labute approximate surface area is 120 Å². The molecule has 0 bridgehead atoms. The number of aromatic carboxylic acids is 1. The minimum absolute atomic E-state index is 0.00972. The number of rotatable bonds is 4. The Morgan fingerprint density at radius 1 is 1.37 bits per heavy atom. The summed E-state index contributed by atoms with van der Waals surface area (Å²) in [6.45, 7) is 0. The Kier molecular flexibility index (Phi) is 4.82. The molecule has 1 saturated carbocycles. The predicted octanol–water partition coefficient (Wildman–Crippen LogP) is 3.48. The van der Waals surface area contributed by atoms with Crippen LogP contribution in [0.25, 0.3) is 0 Å². The van der Waals surface area contributed by atoms with Gasteiger partial charge in [0.05, 0.1) is 10.6 Å². The Balaban J connectivity index is 2.16. The summed E-state index contributed by atoms with van der Waals surface area (Å²) in [4.78, 5) is 11.2. The van der Waals surface area contributed by atoms with E-state index in [9.17, 15) is 9.90 Å². The summed E-state index contributed by atoms with van der Waals surface area (Å²) in [5.41, 5.74) is 0.189. The van der Waals surface area contributed by atoms with Gasteiger partial charge in [0.2, 0.25) is 0 Å². The average Bonchev–Trinajstić information content (AvgIpc) is 2.41. The monoisotopic (exact) mass is 328 g/mol. The number of hydrogen-bond acceptors (Lipinski definition) is 3. The van der Waals surface area contributed by atoms with E-state index in [0.29, 0.717) is 10.2 Å². The van der Waals surface area contributed by atoms with Crippen LogP contribution in [0.3, 0.4) is 0 Å². The molecule has 104 valence electrons. The minimum Gasteiger partial charge on any atom is -0.488 e. The van der Waals surface area contributed by atoms with Crippen LogP contribution in [0.5, 0.6) is 5.75 Å². The van der Waals surface area contributed by atoms with Crippen LogP contribution in [0.4, 0.5) is 0 Å². The van der Waals surface area contributed by atoms with E-state index in [1.807, 2.05) is 0 Å². The van der Waals surface area contributed by atoms with Gasteiger partial charge in [0, 0.05) is 13.5 Å². The molecule has 1 fully saturated rings.